The summed E-state index contributed by atoms with van der Waals surface area (Å²) >= 11 is 0. The minimum atomic E-state index is -4.67. The van der Waals surface area contributed by atoms with Gasteiger partial charge in [0.15, 0.2) is 12.4 Å². The molecule has 0 fully saturated rings. The highest BCUT2D eigenvalue weighted by molar-refractivity contribution is 5.60. The molecule has 0 aromatic rings. The van der Waals surface area contributed by atoms with Crippen molar-refractivity contribution in [2.24, 2.45) is 4.99 Å². The number of hydrogen-bond acceptors (Lipinski definition) is 2. The molecule has 3 radical (unpaired) electrons. The van der Waals surface area contributed by atoms with E-state index < -0.39 is 18.8 Å². The number of halogens is 5. The number of hydrogen-bond donors (Lipinski definition) is 0. The van der Waals surface area contributed by atoms with Gasteiger partial charge in [-0.1, -0.05) is 0 Å². The Labute approximate surface area is 64.7 Å². The van der Waals surface area contributed by atoms with Gasteiger partial charge in [-0.15, -0.1) is 0 Å². The van der Waals surface area contributed by atoms with Crippen molar-refractivity contribution in [1.29, 1.82) is 0 Å². The average molecular weight is 185 g/mol. The van der Waals surface area contributed by atoms with Crippen LogP contribution in [0.4, 0.5) is 22.0 Å². The van der Waals surface area contributed by atoms with Gasteiger partial charge in [-0.25, -0.2) is 4.99 Å². The molecule has 1 unspecified atom stereocenters. The number of nitrogens with zero attached hydrogens (tertiary/aromatic N) is 2. The summed E-state index contributed by atoms with van der Waals surface area (Å²) in [7, 11) is 0. The summed E-state index contributed by atoms with van der Waals surface area (Å²) in [4.78, 5) is 2.54. The smallest absolute Gasteiger partial charge is 0.284 e. The molecular formula is C5H2F5N2. The Hall–Kier alpha value is -0.880. The van der Waals surface area contributed by atoms with Crippen LogP contribution in [-0.2, 0) is 0 Å². The second kappa shape index (κ2) is 2.87. The van der Waals surface area contributed by atoms with Crippen LogP contribution in [0.5, 0.6) is 0 Å². The summed E-state index contributed by atoms with van der Waals surface area (Å²) in [5.41, 5.74) is 0. The van der Waals surface area contributed by atoms with E-state index in [1.807, 2.05) is 0 Å². The van der Waals surface area contributed by atoms with Crippen LogP contribution in [0.1, 0.15) is 0 Å². The van der Waals surface area contributed by atoms with E-state index in [9.17, 15) is 22.0 Å². The number of aliphatic imine (C=N–C) groups is 1. The Morgan fingerprint density at radius 1 is 1.33 bits per heavy atom. The van der Waals surface area contributed by atoms with Crippen LogP contribution in [-0.4, -0.2) is 30.0 Å². The van der Waals surface area contributed by atoms with Crippen molar-refractivity contribution in [3.63, 3.8) is 0 Å². The minimum Gasteiger partial charge on any atom is -0.284 e. The SMILES string of the molecule is FC(F)N1[C]C(C(F)(F)F)N=[C]1. The molecule has 0 aromatic carbocycles. The van der Waals surface area contributed by atoms with Crippen molar-refractivity contribution in [2.75, 3.05) is 0 Å². The van der Waals surface area contributed by atoms with Gasteiger partial charge in [-0.2, -0.15) is 22.0 Å². The topological polar surface area (TPSA) is 15.6 Å². The largest absolute Gasteiger partial charge is 0.413 e. The second-order valence-corrected chi connectivity index (χ2v) is 1.95. The third-order valence-corrected chi connectivity index (χ3v) is 1.06. The Morgan fingerprint density at radius 2 is 1.92 bits per heavy atom. The van der Waals surface area contributed by atoms with Crippen molar-refractivity contribution in [1.82, 2.24) is 4.90 Å². The maximum Gasteiger partial charge on any atom is 0.413 e. The Kier molecular flexibility index (Phi) is 2.20. The van der Waals surface area contributed by atoms with Gasteiger partial charge in [0.2, 0.25) is 0 Å². The van der Waals surface area contributed by atoms with Gasteiger partial charge in [0.25, 0.3) is 0 Å². The molecule has 0 aliphatic carbocycles. The lowest BCUT2D eigenvalue weighted by Crippen LogP contribution is -2.31. The summed E-state index contributed by atoms with van der Waals surface area (Å²) in [6.07, 6.45) is -3.18. The standard InChI is InChI=1S/C5H2F5N2/c6-4(7)12-1-3(11-2-12)5(8,9)10/h3-4H. The van der Waals surface area contributed by atoms with Gasteiger partial charge in [0.05, 0.1) is 0 Å². The van der Waals surface area contributed by atoms with Crippen molar-refractivity contribution >= 4 is 6.34 Å². The Bertz CT molecular complexity index is 187. The summed E-state index contributed by atoms with van der Waals surface area (Å²) in [6, 6.07) is -2.31. The molecule has 0 saturated carbocycles. The number of alkyl halides is 5. The molecule has 1 heterocycles. The zero-order chi connectivity index (χ0) is 9.35. The van der Waals surface area contributed by atoms with E-state index in [1.54, 1.807) is 0 Å². The van der Waals surface area contributed by atoms with Crippen LogP contribution in [0.25, 0.3) is 0 Å². The molecule has 0 spiro atoms. The first-order valence-corrected chi connectivity index (χ1v) is 2.77. The fourth-order valence-corrected chi connectivity index (χ4v) is 0.556. The normalized spacial score (nSPS) is 24.2. The molecular weight excluding hydrogens is 183 g/mol. The number of rotatable bonds is 1. The lowest BCUT2D eigenvalue weighted by molar-refractivity contribution is -0.142. The lowest BCUT2D eigenvalue weighted by Gasteiger charge is -2.13. The zero-order valence-corrected chi connectivity index (χ0v) is 5.44. The molecule has 67 valence electrons. The fourth-order valence-electron chi connectivity index (χ4n) is 0.556. The van der Waals surface area contributed by atoms with E-state index in [0.29, 0.717) is 0 Å². The van der Waals surface area contributed by atoms with Gasteiger partial charge < -0.3 is 0 Å². The average Bonchev–Trinajstić information content (AvgIpc) is 2.30. The summed E-state index contributed by atoms with van der Waals surface area (Å²) in [5, 5.41) is 0. The maximum absolute atomic E-state index is 11.7. The first-order valence-electron chi connectivity index (χ1n) is 2.77. The highest BCUT2D eigenvalue weighted by atomic mass is 19.4. The molecule has 12 heavy (non-hydrogen) atoms. The molecule has 1 aliphatic rings. The first kappa shape index (κ1) is 9.21. The van der Waals surface area contributed by atoms with Gasteiger partial charge >= 0.3 is 12.7 Å². The minimum absolute atomic E-state index is 0.127. The van der Waals surface area contributed by atoms with E-state index in [1.165, 1.54) is 12.9 Å². The van der Waals surface area contributed by atoms with Crippen molar-refractivity contribution in [3.8, 4) is 0 Å². The van der Waals surface area contributed by atoms with E-state index >= 15 is 0 Å². The molecule has 1 aliphatic heterocycles. The van der Waals surface area contributed by atoms with E-state index in [0.717, 1.165) is 0 Å². The van der Waals surface area contributed by atoms with E-state index in [-0.39, 0.29) is 4.90 Å². The van der Waals surface area contributed by atoms with Crippen LogP contribution in [0, 0.1) is 6.54 Å². The Morgan fingerprint density at radius 3 is 2.17 bits per heavy atom. The van der Waals surface area contributed by atoms with Crippen molar-refractivity contribution in [3.05, 3.63) is 6.54 Å². The van der Waals surface area contributed by atoms with Gasteiger partial charge in [-0.3, -0.25) is 4.90 Å². The van der Waals surface area contributed by atoms with Crippen LogP contribution in [0.15, 0.2) is 4.99 Å². The quantitative estimate of drug-likeness (QED) is 0.445. The van der Waals surface area contributed by atoms with E-state index in [4.69, 9.17) is 0 Å². The van der Waals surface area contributed by atoms with Gasteiger partial charge in [0, 0.05) is 0 Å². The maximum atomic E-state index is 11.7. The van der Waals surface area contributed by atoms with Crippen LogP contribution < -0.4 is 0 Å². The highest BCUT2D eigenvalue weighted by Gasteiger charge is 2.45. The lowest BCUT2D eigenvalue weighted by atomic mass is 10.3. The third kappa shape index (κ3) is 1.83. The molecule has 0 N–H and O–H groups in total. The zero-order valence-electron chi connectivity index (χ0n) is 5.44. The highest BCUT2D eigenvalue weighted by Crippen LogP contribution is 2.29. The molecule has 7 heteroatoms. The van der Waals surface area contributed by atoms with Gasteiger partial charge in [0.1, 0.15) is 6.54 Å². The van der Waals surface area contributed by atoms with Gasteiger partial charge in [-0.05, 0) is 0 Å². The molecule has 1 atom stereocenters. The Balaban J connectivity index is 2.54. The van der Waals surface area contributed by atoms with Crippen LogP contribution >= 0.6 is 0 Å². The monoisotopic (exact) mass is 185 g/mol. The van der Waals surface area contributed by atoms with Crippen molar-refractivity contribution < 1.29 is 22.0 Å². The molecule has 0 amide bonds. The predicted octanol–water partition coefficient (Wildman–Crippen LogP) is 1.40. The molecule has 2 nitrogen and oxygen atoms in total. The summed E-state index contributed by atoms with van der Waals surface area (Å²) in [5.74, 6) is 0. The molecule has 1 rings (SSSR count). The van der Waals surface area contributed by atoms with Crippen LogP contribution in [0.2, 0.25) is 0 Å². The fraction of sp³-hybridized carbons (Fsp3) is 0.600. The molecule has 0 bridgehead atoms. The third-order valence-electron chi connectivity index (χ3n) is 1.06. The summed E-state index contributed by atoms with van der Waals surface area (Å²) in [6.45, 7) is -1.67. The summed E-state index contributed by atoms with van der Waals surface area (Å²) < 4.78 is 58.5. The molecule has 0 saturated heterocycles. The van der Waals surface area contributed by atoms with Crippen molar-refractivity contribution in [2.45, 2.75) is 18.8 Å². The van der Waals surface area contributed by atoms with Crippen LogP contribution in [0.3, 0.4) is 0 Å². The second-order valence-electron chi connectivity index (χ2n) is 1.95. The predicted molar refractivity (Wildman–Crippen MR) is 28.4 cm³/mol. The first-order chi connectivity index (χ1) is 5.41. The molecule has 0 aromatic heterocycles. The van der Waals surface area contributed by atoms with E-state index in [2.05, 4.69) is 4.99 Å².